The molecule has 28 heteroatoms. The Morgan fingerprint density at radius 1 is 0.452 bits per heavy atom. The number of esters is 3. The van der Waals surface area contributed by atoms with Crippen molar-refractivity contribution in [2.24, 2.45) is 11.3 Å². The second-order valence-electron chi connectivity index (χ2n) is 20.1. The molecule has 0 saturated carbocycles. The summed E-state index contributed by atoms with van der Waals surface area (Å²) in [6, 6.07) is 0. The number of amides is 10. The van der Waals surface area contributed by atoms with Crippen molar-refractivity contribution in [1.82, 2.24) is 47.4 Å². The van der Waals surface area contributed by atoms with Gasteiger partial charge in [-0.3, -0.25) is 67.2 Å². The third-order valence-corrected chi connectivity index (χ3v) is 12.7. The molecule has 10 amide bonds. The molecule has 1 heterocycles. The van der Waals surface area contributed by atoms with E-state index in [4.69, 9.17) is 14.2 Å². The molecule has 1 atom stereocenters. The highest BCUT2D eigenvalue weighted by molar-refractivity contribution is 6.03. The van der Waals surface area contributed by atoms with Gasteiger partial charge in [-0.25, -0.2) is 0 Å². The average molecular weight is 1200 g/mol. The molecule has 0 aliphatic carbocycles. The van der Waals surface area contributed by atoms with Crippen LogP contribution < -0.4 is 42.5 Å². The lowest BCUT2D eigenvalue weighted by atomic mass is 9.84. The Bertz CT molecular complexity index is 1880. The largest absolute Gasteiger partial charge is 0.468 e. The van der Waals surface area contributed by atoms with Gasteiger partial charge < -0.3 is 71.0 Å². The summed E-state index contributed by atoms with van der Waals surface area (Å²) in [7, 11) is 3.66. The zero-order chi connectivity index (χ0) is 62.8. The van der Waals surface area contributed by atoms with Gasteiger partial charge in [0.2, 0.25) is 59.1 Å². The Morgan fingerprint density at radius 2 is 0.798 bits per heavy atom. The van der Waals surface area contributed by atoms with Crippen LogP contribution in [-0.2, 0) is 90.8 Å². The number of carbonyl (C=O) groups excluding carboxylic acids is 13. The zero-order valence-electron chi connectivity index (χ0n) is 50.5. The van der Waals surface area contributed by atoms with E-state index < -0.39 is 23.3 Å². The summed E-state index contributed by atoms with van der Waals surface area (Å²) >= 11 is 0. The number of hydrogen-bond donors (Lipinski definition) is 8. The smallest absolute Gasteiger partial charge is 0.325 e. The summed E-state index contributed by atoms with van der Waals surface area (Å²) in [6.45, 7) is 7.93. The van der Waals surface area contributed by atoms with E-state index in [1.54, 1.807) is 6.92 Å². The Morgan fingerprint density at radius 3 is 1.15 bits per heavy atom. The van der Waals surface area contributed by atoms with Crippen molar-refractivity contribution < 1.29 is 90.8 Å². The predicted molar refractivity (Wildman–Crippen MR) is 305 cm³/mol. The molecule has 1 saturated heterocycles. The van der Waals surface area contributed by atoms with E-state index in [2.05, 4.69) is 63.7 Å². The number of methoxy groups -OCH3 is 3. The van der Waals surface area contributed by atoms with Crippen molar-refractivity contribution in [3.63, 3.8) is 0 Å². The number of rotatable bonds is 48. The Labute approximate surface area is 494 Å². The number of imide groups is 1. The SMILES string of the molecule is CC(=O)NCCCCCNC(=O)CCN1C(=O)CC(C)C1=O.CCCCCCCC(COCCNC(=O)CCCC(=O)NCC(=O)OC)(COCCNC(=O)CCCC(=O)NCC(=O)OC)COCCNC(=O)CCCC(=O)NCC(=O)OC. The van der Waals surface area contributed by atoms with Gasteiger partial charge >= 0.3 is 17.9 Å². The fourth-order valence-corrected chi connectivity index (χ4v) is 7.89. The minimum absolute atomic E-state index is 0.0337. The molecule has 0 bridgehead atoms. The maximum absolute atomic E-state index is 12.4. The fourth-order valence-electron chi connectivity index (χ4n) is 7.89. The number of likely N-dealkylation sites (tertiary alicyclic amines) is 1. The maximum Gasteiger partial charge on any atom is 0.325 e. The molecule has 8 N–H and O–H groups in total. The lowest BCUT2D eigenvalue weighted by Gasteiger charge is -2.33. The van der Waals surface area contributed by atoms with E-state index in [9.17, 15) is 62.3 Å². The standard InChI is InChI=1S/C41H72N6O15.C15H25N3O4/c1-5-6-7-8-9-19-41(29-60-23-20-42-32(48)13-10-16-35(51)45-26-38(54)57-2,30-61-24-21-43-33(49)14-11-17-36(52)46-27-39(55)58-3)31-62-25-22-44-34(50)15-12-18-37(53)47-28-40(56)59-4;1-11-10-14(21)18(15(11)22)9-6-13(20)17-8-5-3-4-7-16-12(2)19/h5-31H2,1-4H3,(H,42,48)(H,43,49)(H,44,50)(H,45,51)(H,46,52)(H,47,53);11H,3-10H2,1-2H3,(H,16,19)(H,17,20). The van der Waals surface area contributed by atoms with Crippen molar-refractivity contribution in [3.05, 3.63) is 0 Å². The van der Waals surface area contributed by atoms with E-state index in [0.29, 0.717) is 38.8 Å². The van der Waals surface area contributed by atoms with Gasteiger partial charge in [-0.05, 0) is 44.9 Å². The van der Waals surface area contributed by atoms with Crippen LogP contribution in [0.1, 0.15) is 149 Å². The topological polar surface area (TPSA) is 377 Å². The van der Waals surface area contributed by atoms with Crippen LogP contribution in [-0.4, -0.2) is 202 Å². The van der Waals surface area contributed by atoms with Gasteiger partial charge in [-0.1, -0.05) is 46.0 Å². The third kappa shape index (κ3) is 42.9. The monoisotopic (exact) mass is 1200 g/mol. The molecular formula is C56H97N9O19. The Kier molecular flexibility index (Phi) is 45.6. The van der Waals surface area contributed by atoms with Crippen LogP contribution in [0.3, 0.4) is 0 Å². The molecule has 1 aliphatic heterocycles. The first-order valence-corrected chi connectivity index (χ1v) is 29.1. The summed E-state index contributed by atoms with van der Waals surface area (Å²) in [4.78, 5) is 153. The minimum Gasteiger partial charge on any atom is -0.468 e. The van der Waals surface area contributed by atoms with E-state index in [1.165, 1.54) is 33.2 Å². The lowest BCUT2D eigenvalue weighted by molar-refractivity contribution is -0.141. The highest BCUT2D eigenvalue weighted by Crippen LogP contribution is 2.28. The van der Waals surface area contributed by atoms with Gasteiger partial charge in [0.1, 0.15) is 19.6 Å². The number of hydrogen-bond acceptors (Lipinski definition) is 19. The Balaban J connectivity index is 0.00000260. The Hall–Kier alpha value is -6.81. The third-order valence-electron chi connectivity index (χ3n) is 12.7. The molecule has 0 aromatic rings. The van der Waals surface area contributed by atoms with E-state index in [-0.39, 0.29) is 202 Å². The minimum atomic E-state index is -0.614. The molecule has 84 heavy (non-hydrogen) atoms. The van der Waals surface area contributed by atoms with Gasteiger partial charge in [-0.15, -0.1) is 0 Å². The van der Waals surface area contributed by atoms with E-state index in [1.807, 2.05) is 0 Å². The van der Waals surface area contributed by atoms with E-state index in [0.717, 1.165) is 51.4 Å². The predicted octanol–water partition coefficient (Wildman–Crippen LogP) is 0.304. The van der Waals surface area contributed by atoms with Crippen LogP contribution in [0.15, 0.2) is 0 Å². The van der Waals surface area contributed by atoms with Crippen LogP contribution in [0.4, 0.5) is 0 Å². The molecule has 0 aromatic carbocycles. The number of carbonyl (C=O) groups is 13. The van der Waals surface area contributed by atoms with Gasteiger partial charge in [-0.2, -0.15) is 0 Å². The molecule has 0 radical (unpaired) electrons. The molecule has 0 aromatic heterocycles. The summed E-state index contributed by atoms with van der Waals surface area (Å²) in [5, 5.41) is 21.1. The number of ether oxygens (including phenoxy) is 6. The zero-order valence-corrected chi connectivity index (χ0v) is 50.5. The first-order chi connectivity index (χ1) is 40.2. The molecule has 1 rings (SSSR count). The second kappa shape index (κ2) is 49.6. The maximum atomic E-state index is 12.4. The molecule has 1 aliphatic rings. The molecule has 1 unspecified atom stereocenters. The summed E-state index contributed by atoms with van der Waals surface area (Å²) in [5.74, 6) is -4.38. The van der Waals surface area contributed by atoms with Crippen LogP contribution in [0.5, 0.6) is 0 Å². The van der Waals surface area contributed by atoms with Crippen molar-refractivity contribution in [1.29, 1.82) is 0 Å². The quantitative estimate of drug-likeness (QED) is 0.0176. The number of nitrogens with zero attached hydrogens (tertiary/aromatic N) is 1. The molecule has 0 spiro atoms. The highest BCUT2D eigenvalue weighted by atomic mass is 16.5. The first-order valence-electron chi connectivity index (χ1n) is 29.1. The molecule has 1 fully saturated rings. The van der Waals surface area contributed by atoms with Crippen LogP contribution in [0, 0.1) is 11.3 Å². The average Bonchev–Trinajstić information content (AvgIpc) is 3.95. The van der Waals surface area contributed by atoms with Gasteiger partial charge in [0.05, 0.1) is 61.0 Å². The van der Waals surface area contributed by atoms with Crippen molar-refractivity contribution in [2.75, 3.05) is 120 Å². The first kappa shape index (κ1) is 77.2. The van der Waals surface area contributed by atoms with Crippen LogP contribution >= 0.6 is 0 Å². The normalized spacial score (nSPS) is 12.6. The highest BCUT2D eigenvalue weighted by Gasteiger charge is 2.35. The van der Waals surface area contributed by atoms with Crippen molar-refractivity contribution >= 4 is 77.0 Å². The van der Waals surface area contributed by atoms with Crippen molar-refractivity contribution in [2.45, 2.75) is 149 Å². The fraction of sp³-hybridized carbons (Fsp3) is 0.768. The van der Waals surface area contributed by atoms with Gasteiger partial charge in [0.25, 0.3) is 0 Å². The number of unbranched alkanes of at least 4 members (excludes halogenated alkanes) is 6. The van der Waals surface area contributed by atoms with Gasteiger partial charge in [0.15, 0.2) is 0 Å². The van der Waals surface area contributed by atoms with Gasteiger partial charge in [0, 0.05) is 109 Å². The summed E-state index contributed by atoms with van der Waals surface area (Å²) < 4.78 is 31.7. The molecule has 480 valence electrons. The van der Waals surface area contributed by atoms with Crippen LogP contribution in [0.25, 0.3) is 0 Å². The number of nitrogens with one attached hydrogen (secondary N) is 8. The van der Waals surface area contributed by atoms with E-state index >= 15 is 0 Å². The summed E-state index contributed by atoms with van der Waals surface area (Å²) in [6.07, 6.45) is 10.3. The second-order valence-corrected chi connectivity index (χ2v) is 20.1. The van der Waals surface area contributed by atoms with Crippen LogP contribution in [0.2, 0.25) is 0 Å². The van der Waals surface area contributed by atoms with Crippen molar-refractivity contribution in [3.8, 4) is 0 Å². The summed E-state index contributed by atoms with van der Waals surface area (Å²) in [5.41, 5.74) is -0.614. The molecular weight excluding hydrogens is 1100 g/mol. The lowest BCUT2D eigenvalue weighted by Crippen LogP contribution is -2.40. The molecule has 28 nitrogen and oxygen atoms in total.